The van der Waals surface area contributed by atoms with Crippen molar-refractivity contribution in [1.29, 1.82) is 5.26 Å². The van der Waals surface area contributed by atoms with Crippen molar-refractivity contribution in [3.63, 3.8) is 0 Å². The van der Waals surface area contributed by atoms with Crippen LogP contribution in [-0.2, 0) is 20.9 Å². The third-order valence-electron chi connectivity index (χ3n) is 7.30. The minimum atomic E-state index is -0.605. The Morgan fingerprint density at radius 3 is 2.49 bits per heavy atom. The summed E-state index contributed by atoms with van der Waals surface area (Å²) in [4.78, 5) is 32.9. The maximum atomic E-state index is 13.3. The molecule has 0 bridgehead atoms. The summed E-state index contributed by atoms with van der Waals surface area (Å²) in [5.41, 5.74) is 3.70. The van der Waals surface area contributed by atoms with Crippen molar-refractivity contribution in [3.05, 3.63) is 65.7 Å². The lowest BCUT2D eigenvalue weighted by Gasteiger charge is -2.34. The van der Waals surface area contributed by atoms with Crippen molar-refractivity contribution >= 4 is 22.8 Å². The average molecular weight is 498 g/mol. The van der Waals surface area contributed by atoms with Crippen molar-refractivity contribution in [1.82, 2.24) is 9.88 Å². The molecule has 0 unspecified atom stereocenters. The highest BCUT2D eigenvalue weighted by Crippen LogP contribution is 2.40. The molecular weight excluding hydrogens is 462 g/mol. The van der Waals surface area contributed by atoms with Crippen molar-refractivity contribution < 1.29 is 14.3 Å². The summed E-state index contributed by atoms with van der Waals surface area (Å²) in [7, 11) is 0. The van der Waals surface area contributed by atoms with Crippen LogP contribution in [0, 0.1) is 16.7 Å². The number of ether oxygens (including phenoxy) is 1. The quantitative estimate of drug-likeness (QED) is 0.302. The smallest absolute Gasteiger partial charge is 0.313 e. The number of carbonyl (C=O) groups is 2. The summed E-state index contributed by atoms with van der Waals surface area (Å²) < 4.78 is 5.46. The zero-order valence-electron chi connectivity index (χ0n) is 21.8. The third kappa shape index (κ3) is 6.17. The molecule has 1 aliphatic rings. The van der Waals surface area contributed by atoms with Gasteiger partial charge in [-0.2, -0.15) is 5.26 Å². The number of hydrogen-bond acceptors (Lipinski definition) is 5. The Morgan fingerprint density at radius 1 is 1.05 bits per heavy atom. The van der Waals surface area contributed by atoms with Crippen LogP contribution in [0.4, 0.5) is 0 Å². The second-order valence-corrected chi connectivity index (χ2v) is 9.97. The molecule has 0 spiro atoms. The molecule has 37 heavy (non-hydrogen) atoms. The lowest BCUT2D eigenvalue weighted by Crippen LogP contribution is -2.44. The van der Waals surface area contributed by atoms with Gasteiger partial charge in [0.05, 0.1) is 34.9 Å². The molecule has 1 aliphatic carbocycles. The molecular formula is C31H35N3O3. The van der Waals surface area contributed by atoms with Crippen molar-refractivity contribution in [2.45, 2.75) is 65.3 Å². The minimum Gasteiger partial charge on any atom is -0.466 e. The molecule has 6 nitrogen and oxygen atoms in total. The van der Waals surface area contributed by atoms with Gasteiger partial charge in [-0.1, -0.05) is 50.5 Å². The zero-order chi connectivity index (χ0) is 26.3. The number of nitriles is 1. The van der Waals surface area contributed by atoms with Crippen molar-refractivity contribution in [2.24, 2.45) is 5.41 Å². The van der Waals surface area contributed by atoms with E-state index in [-0.39, 0.29) is 11.9 Å². The molecule has 6 heteroatoms. The number of unbranched alkanes of at least 4 members (excludes halogenated alkanes) is 1. The summed E-state index contributed by atoms with van der Waals surface area (Å²) >= 11 is 0. The number of pyridine rings is 1. The van der Waals surface area contributed by atoms with Crippen LogP contribution >= 0.6 is 0 Å². The van der Waals surface area contributed by atoms with Gasteiger partial charge in [0.2, 0.25) is 5.91 Å². The fourth-order valence-electron chi connectivity index (χ4n) is 5.22. The van der Waals surface area contributed by atoms with Crippen LogP contribution in [0.1, 0.15) is 69.9 Å². The van der Waals surface area contributed by atoms with E-state index in [2.05, 4.69) is 19.1 Å². The highest BCUT2D eigenvalue weighted by Gasteiger charge is 2.44. The maximum absolute atomic E-state index is 13.3. The number of benzene rings is 2. The van der Waals surface area contributed by atoms with Gasteiger partial charge in [-0.15, -0.1) is 0 Å². The lowest BCUT2D eigenvalue weighted by molar-refractivity contribution is -0.157. The predicted octanol–water partition coefficient (Wildman–Crippen LogP) is 6.42. The van der Waals surface area contributed by atoms with E-state index in [1.54, 1.807) is 12.1 Å². The van der Waals surface area contributed by atoms with Crippen LogP contribution in [0.2, 0.25) is 0 Å². The van der Waals surface area contributed by atoms with Gasteiger partial charge in [-0.05, 0) is 62.1 Å². The monoisotopic (exact) mass is 497 g/mol. The van der Waals surface area contributed by atoms with Gasteiger partial charge in [-0.25, -0.2) is 4.98 Å². The van der Waals surface area contributed by atoms with E-state index in [4.69, 9.17) is 15.0 Å². The molecule has 1 heterocycles. The Hall–Kier alpha value is -3.72. The Kier molecular flexibility index (Phi) is 8.55. The number of rotatable bonds is 10. The molecule has 0 atom stereocenters. The fourth-order valence-corrected chi connectivity index (χ4v) is 5.22. The molecule has 3 aromatic rings. The molecule has 1 amide bonds. The van der Waals surface area contributed by atoms with Gasteiger partial charge < -0.3 is 9.64 Å². The third-order valence-corrected chi connectivity index (χ3v) is 7.30. The molecule has 0 aliphatic heterocycles. The van der Waals surface area contributed by atoms with E-state index in [0.717, 1.165) is 66.2 Å². The molecule has 192 valence electrons. The van der Waals surface area contributed by atoms with Crippen LogP contribution in [0.3, 0.4) is 0 Å². The Balaban J connectivity index is 1.58. The first-order valence-electron chi connectivity index (χ1n) is 13.3. The van der Waals surface area contributed by atoms with Gasteiger partial charge in [0.1, 0.15) is 0 Å². The maximum Gasteiger partial charge on any atom is 0.313 e. The number of hydrogen-bond donors (Lipinski definition) is 0. The molecule has 1 fully saturated rings. The zero-order valence-corrected chi connectivity index (χ0v) is 21.8. The lowest BCUT2D eigenvalue weighted by atomic mass is 9.85. The van der Waals surface area contributed by atoms with E-state index in [1.807, 2.05) is 48.2 Å². The van der Waals surface area contributed by atoms with Crippen LogP contribution in [0.5, 0.6) is 0 Å². The number of nitrogens with zero attached hydrogens (tertiary/aromatic N) is 3. The standard InChI is InChI=1S/C31H35N3O3/c1-3-5-8-29(35)34(22-31(17-6-7-18-31)30(36)37-4-2)21-24-11-15-28-26(19-24)14-16-27(33-28)25-12-9-23(20-32)10-13-25/h9-16,19H,3-8,17-18,21-22H2,1-2H3. The summed E-state index contributed by atoms with van der Waals surface area (Å²) in [5.74, 6) is -0.0781. The van der Waals surface area contributed by atoms with Gasteiger partial charge in [-0.3, -0.25) is 9.59 Å². The number of amides is 1. The first kappa shape index (κ1) is 26.3. The second-order valence-electron chi connectivity index (χ2n) is 9.97. The highest BCUT2D eigenvalue weighted by atomic mass is 16.5. The number of aromatic nitrogens is 1. The summed E-state index contributed by atoms with van der Waals surface area (Å²) in [6.07, 6.45) is 5.77. The van der Waals surface area contributed by atoms with Gasteiger partial charge in [0.25, 0.3) is 0 Å². The summed E-state index contributed by atoms with van der Waals surface area (Å²) in [5, 5.41) is 10.0. The van der Waals surface area contributed by atoms with E-state index >= 15 is 0 Å². The topological polar surface area (TPSA) is 83.3 Å². The first-order valence-corrected chi connectivity index (χ1v) is 13.3. The first-order chi connectivity index (χ1) is 18.0. The SMILES string of the molecule is CCCCC(=O)N(Cc1ccc2nc(-c3ccc(C#N)cc3)ccc2c1)CC1(C(=O)OCC)CCCC1. The fraction of sp³-hybridized carbons (Fsp3) is 0.419. The van der Waals surface area contributed by atoms with Crippen LogP contribution < -0.4 is 0 Å². The molecule has 0 radical (unpaired) electrons. The van der Waals surface area contributed by atoms with Crippen molar-refractivity contribution in [2.75, 3.05) is 13.2 Å². The Labute approximate surface area is 219 Å². The van der Waals surface area contributed by atoms with E-state index < -0.39 is 5.41 Å². The molecule has 1 aromatic heterocycles. The molecule has 0 saturated heterocycles. The molecule has 1 saturated carbocycles. The van der Waals surface area contributed by atoms with Gasteiger partial charge in [0.15, 0.2) is 0 Å². The Morgan fingerprint density at radius 2 is 1.81 bits per heavy atom. The summed E-state index contributed by atoms with van der Waals surface area (Å²) in [6, 6.07) is 19.6. The minimum absolute atomic E-state index is 0.0896. The van der Waals surface area contributed by atoms with E-state index in [9.17, 15) is 9.59 Å². The van der Waals surface area contributed by atoms with Gasteiger partial charge in [0, 0.05) is 30.5 Å². The largest absolute Gasteiger partial charge is 0.466 e. The molecule has 4 rings (SSSR count). The number of esters is 1. The Bertz CT molecular complexity index is 1290. The summed E-state index contributed by atoms with van der Waals surface area (Å²) in [6.45, 7) is 5.13. The normalized spacial score (nSPS) is 14.3. The molecule has 2 aromatic carbocycles. The van der Waals surface area contributed by atoms with E-state index in [0.29, 0.717) is 31.7 Å². The number of fused-ring (bicyclic) bond motifs is 1. The van der Waals surface area contributed by atoms with Gasteiger partial charge >= 0.3 is 5.97 Å². The van der Waals surface area contributed by atoms with Crippen LogP contribution in [0.15, 0.2) is 54.6 Å². The average Bonchev–Trinajstić information content (AvgIpc) is 3.41. The molecule has 0 N–H and O–H groups in total. The highest BCUT2D eigenvalue weighted by molar-refractivity contribution is 5.83. The van der Waals surface area contributed by atoms with Crippen molar-refractivity contribution in [3.8, 4) is 17.3 Å². The van der Waals surface area contributed by atoms with Crippen LogP contribution in [0.25, 0.3) is 22.2 Å². The second kappa shape index (κ2) is 12.0. The van der Waals surface area contributed by atoms with Crippen LogP contribution in [-0.4, -0.2) is 34.9 Å². The van der Waals surface area contributed by atoms with E-state index in [1.165, 1.54) is 0 Å². The number of carbonyl (C=O) groups excluding carboxylic acids is 2. The predicted molar refractivity (Wildman–Crippen MR) is 144 cm³/mol.